The molecule has 0 unspecified atom stereocenters. The van der Waals surface area contributed by atoms with Gasteiger partial charge in [-0.1, -0.05) is 29.3 Å². The van der Waals surface area contributed by atoms with Gasteiger partial charge in [0.1, 0.15) is 5.75 Å². The van der Waals surface area contributed by atoms with Crippen molar-refractivity contribution in [1.82, 2.24) is 5.43 Å². The molecule has 9 heteroatoms. The molecule has 2 N–H and O–H groups in total. The molecule has 1 heterocycles. The quantitative estimate of drug-likeness (QED) is 0.303. The zero-order valence-electron chi connectivity index (χ0n) is 15.9. The summed E-state index contributed by atoms with van der Waals surface area (Å²) in [5, 5.41) is 17.2. The molecule has 0 fully saturated rings. The van der Waals surface area contributed by atoms with Gasteiger partial charge in [-0.05, 0) is 48.9 Å². The Morgan fingerprint density at radius 3 is 2.37 bits per heavy atom. The lowest BCUT2D eigenvalue weighted by molar-refractivity contribution is 0.0600. The number of carbonyl (C=O) groups is 2. The molecule has 0 bridgehead atoms. The van der Waals surface area contributed by atoms with Crippen molar-refractivity contribution in [2.45, 2.75) is 6.92 Å². The average Bonchev–Trinajstić information content (AvgIpc) is 3.14. The van der Waals surface area contributed by atoms with E-state index in [1.54, 1.807) is 30.5 Å². The van der Waals surface area contributed by atoms with Crippen LogP contribution in [0.15, 0.2) is 52.9 Å². The fourth-order valence-electron chi connectivity index (χ4n) is 2.59. The minimum absolute atomic E-state index is 0.0383. The number of methoxy groups -OCH3 is 1. The van der Waals surface area contributed by atoms with E-state index in [1.165, 1.54) is 42.7 Å². The second-order valence-corrected chi connectivity index (χ2v) is 7.86. The minimum atomic E-state index is -0.485. The van der Waals surface area contributed by atoms with Crippen molar-refractivity contribution in [3.63, 3.8) is 0 Å². The number of esters is 1. The van der Waals surface area contributed by atoms with Crippen LogP contribution in [0.3, 0.4) is 0 Å². The summed E-state index contributed by atoms with van der Waals surface area (Å²) in [4.78, 5) is 24.4. The molecule has 0 saturated heterocycles. The first-order chi connectivity index (χ1) is 14.3. The number of aromatic hydroxyl groups is 1. The highest BCUT2D eigenvalue weighted by Gasteiger charge is 2.16. The molecule has 0 aliphatic rings. The van der Waals surface area contributed by atoms with Gasteiger partial charge >= 0.3 is 5.97 Å². The number of hydrogen-bond donors (Lipinski definition) is 2. The van der Waals surface area contributed by atoms with Gasteiger partial charge in [0.05, 0.1) is 38.9 Å². The third kappa shape index (κ3) is 4.64. The van der Waals surface area contributed by atoms with E-state index in [9.17, 15) is 14.7 Å². The predicted molar refractivity (Wildman–Crippen MR) is 119 cm³/mol. The maximum Gasteiger partial charge on any atom is 0.337 e. The predicted octanol–water partition coefficient (Wildman–Crippen LogP) is 5.37. The van der Waals surface area contributed by atoms with E-state index in [2.05, 4.69) is 15.3 Å². The van der Waals surface area contributed by atoms with Gasteiger partial charge in [0, 0.05) is 10.9 Å². The van der Waals surface area contributed by atoms with Gasteiger partial charge in [0.15, 0.2) is 0 Å². The summed E-state index contributed by atoms with van der Waals surface area (Å²) in [5.74, 6) is -0.900. The number of amides is 1. The summed E-state index contributed by atoms with van der Waals surface area (Å²) in [6, 6.07) is 11.1. The molecule has 0 saturated carbocycles. The fourth-order valence-corrected chi connectivity index (χ4v) is 3.89. The van der Waals surface area contributed by atoms with Crippen LogP contribution in [0.1, 0.15) is 33.2 Å². The number of hydrazone groups is 1. The van der Waals surface area contributed by atoms with Crippen molar-refractivity contribution < 1.29 is 19.4 Å². The SMILES string of the molecule is COC(=O)c1ccc(C(=O)N/N=C(\C)c2csc(-c3ccc(Cl)c(Cl)c3)c2O)cc1. The summed E-state index contributed by atoms with van der Waals surface area (Å²) in [6.45, 7) is 1.67. The van der Waals surface area contributed by atoms with Crippen LogP contribution in [0.2, 0.25) is 10.0 Å². The van der Waals surface area contributed by atoms with E-state index >= 15 is 0 Å². The number of rotatable bonds is 5. The van der Waals surface area contributed by atoms with Crippen molar-refractivity contribution in [3.05, 3.63) is 74.6 Å². The smallest absolute Gasteiger partial charge is 0.337 e. The van der Waals surface area contributed by atoms with Crippen molar-refractivity contribution in [1.29, 1.82) is 0 Å². The van der Waals surface area contributed by atoms with Gasteiger partial charge in [-0.2, -0.15) is 5.10 Å². The topological polar surface area (TPSA) is 88.0 Å². The van der Waals surface area contributed by atoms with Crippen LogP contribution < -0.4 is 5.43 Å². The average molecular weight is 463 g/mol. The zero-order chi connectivity index (χ0) is 21.8. The Kier molecular flexibility index (Phi) is 6.77. The highest BCUT2D eigenvalue weighted by Crippen LogP contribution is 2.40. The Balaban J connectivity index is 1.76. The first-order valence-corrected chi connectivity index (χ1v) is 10.2. The number of halogens is 2. The third-order valence-electron chi connectivity index (χ3n) is 4.23. The normalized spacial score (nSPS) is 11.3. The maximum atomic E-state index is 12.3. The number of benzene rings is 2. The first-order valence-electron chi connectivity index (χ1n) is 8.61. The molecule has 1 amide bonds. The van der Waals surface area contributed by atoms with Crippen molar-refractivity contribution in [2.24, 2.45) is 5.10 Å². The lowest BCUT2D eigenvalue weighted by Gasteiger charge is -2.05. The minimum Gasteiger partial charge on any atom is -0.506 e. The molecule has 0 atom stereocenters. The fraction of sp³-hybridized carbons (Fsp3) is 0.0952. The summed E-state index contributed by atoms with van der Waals surface area (Å²) >= 11 is 13.3. The van der Waals surface area contributed by atoms with E-state index in [4.69, 9.17) is 23.2 Å². The molecule has 3 rings (SSSR count). The number of ether oxygens (including phenoxy) is 1. The van der Waals surface area contributed by atoms with Crippen LogP contribution >= 0.6 is 34.5 Å². The molecule has 2 aromatic carbocycles. The molecular formula is C21H16Cl2N2O4S. The number of nitrogens with zero attached hydrogens (tertiary/aromatic N) is 1. The Labute approximate surface area is 186 Å². The third-order valence-corrected chi connectivity index (χ3v) is 5.99. The summed E-state index contributed by atoms with van der Waals surface area (Å²) in [6.07, 6.45) is 0. The number of nitrogens with one attached hydrogen (secondary N) is 1. The van der Waals surface area contributed by atoms with Crippen molar-refractivity contribution in [2.75, 3.05) is 7.11 Å². The van der Waals surface area contributed by atoms with Crippen LogP contribution in [-0.2, 0) is 4.74 Å². The van der Waals surface area contributed by atoms with Crippen LogP contribution in [0.25, 0.3) is 10.4 Å². The molecule has 30 heavy (non-hydrogen) atoms. The molecule has 0 aliphatic carbocycles. The zero-order valence-corrected chi connectivity index (χ0v) is 18.2. The molecule has 1 aromatic heterocycles. The van der Waals surface area contributed by atoms with E-state index in [0.717, 1.165) is 5.56 Å². The molecule has 0 radical (unpaired) electrons. The van der Waals surface area contributed by atoms with Crippen LogP contribution in [-0.4, -0.2) is 29.8 Å². The molecule has 3 aromatic rings. The number of hydrogen-bond acceptors (Lipinski definition) is 6. The maximum absolute atomic E-state index is 12.3. The van der Waals surface area contributed by atoms with Gasteiger partial charge in [-0.25, -0.2) is 10.2 Å². The number of carbonyl (C=O) groups excluding carboxylic acids is 2. The number of thiophene rings is 1. The highest BCUT2D eigenvalue weighted by molar-refractivity contribution is 7.14. The van der Waals surface area contributed by atoms with Crippen LogP contribution in [0, 0.1) is 0 Å². The Morgan fingerprint density at radius 1 is 1.07 bits per heavy atom. The van der Waals surface area contributed by atoms with Gasteiger partial charge in [0.25, 0.3) is 5.91 Å². The van der Waals surface area contributed by atoms with E-state index in [1.807, 2.05) is 0 Å². The summed E-state index contributed by atoms with van der Waals surface area (Å²) in [5.41, 5.74) is 4.74. The van der Waals surface area contributed by atoms with E-state index in [0.29, 0.717) is 37.3 Å². The van der Waals surface area contributed by atoms with Crippen LogP contribution in [0.4, 0.5) is 0 Å². The van der Waals surface area contributed by atoms with Crippen molar-refractivity contribution in [3.8, 4) is 16.2 Å². The largest absolute Gasteiger partial charge is 0.506 e. The standard InChI is InChI=1S/C21H16Cl2N2O4S/c1-11(24-25-20(27)12-3-5-13(6-4-12)21(28)29-2)15-10-30-19(18(15)26)14-7-8-16(22)17(23)9-14/h3-10,26H,1-2H3,(H,25,27)/b24-11+. The van der Waals surface area contributed by atoms with E-state index < -0.39 is 11.9 Å². The Morgan fingerprint density at radius 2 is 1.73 bits per heavy atom. The van der Waals surface area contributed by atoms with E-state index in [-0.39, 0.29) is 5.75 Å². The van der Waals surface area contributed by atoms with Crippen molar-refractivity contribution >= 4 is 52.1 Å². The second kappa shape index (κ2) is 9.30. The van der Waals surface area contributed by atoms with Gasteiger partial charge in [-0.3, -0.25) is 4.79 Å². The molecule has 0 aliphatic heterocycles. The van der Waals surface area contributed by atoms with Gasteiger partial charge in [-0.15, -0.1) is 11.3 Å². The molecular weight excluding hydrogens is 447 g/mol. The molecule has 6 nitrogen and oxygen atoms in total. The highest BCUT2D eigenvalue weighted by atomic mass is 35.5. The van der Waals surface area contributed by atoms with Gasteiger partial charge in [0.2, 0.25) is 0 Å². The second-order valence-electron chi connectivity index (χ2n) is 6.16. The Hall–Kier alpha value is -2.87. The summed E-state index contributed by atoms with van der Waals surface area (Å²) < 4.78 is 4.62. The monoisotopic (exact) mass is 462 g/mol. The lowest BCUT2D eigenvalue weighted by Crippen LogP contribution is -2.19. The van der Waals surface area contributed by atoms with Crippen LogP contribution in [0.5, 0.6) is 5.75 Å². The van der Waals surface area contributed by atoms with Gasteiger partial charge < -0.3 is 9.84 Å². The molecule has 0 spiro atoms. The molecule has 154 valence electrons. The Bertz CT molecular complexity index is 1140. The summed E-state index contributed by atoms with van der Waals surface area (Å²) in [7, 11) is 1.28. The first kappa shape index (κ1) is 21.8. The lowest BCUT2D eigenvalue weighted by atomic mass is 10.1.